The molecule has 1 aliphatic heterocycles. The Morgan fingerprint density at radius 2 is 2.12 bits per heavy atom. The minimum atomic E-state index is -0.137. The Bertz CT molecular complexity index is 739. The summed E-state index contributed by atoms with van der Waals surface area (Å²) in [6, 6.07) is 7.54. The van der Waals surface area contributed by atoms with Gasteiger partial charge < -0.3 is 14.8 Å². The van der Waals surface area contributed by atoms with Crippen LogP contribution in [0.5, 0.6) is 0 Å². The quantitative estimate of drug-likeness (QED) is 0.928. The minimum Gasteiger partial charge on any atom is -0.354 e. The fraction of sp³-hybridized carbons (Fsp3) is 0.421. The van der Waals surface area contributed by atoms with Crippen LogP contribution in [0, 0.1) is 5.92 Å². The molecule has 6 heteroatoms. The SMILES string of the molecule is CC(C)NC(=O)[C@H]1CCCN(C(=O)c2cccn2-c2cccnc2)C1. The van der Waals surface area contributed by atoms with Gasteiger partial charge in [-0.2, -0.15) is 0 Å². The number of piperidine rings is 1. The summed E-state index contributed by atoms with van der Waals surface area (Å²) < 4.78 is 1.84. The molecule has 2 aromatic rings. The monoisotopic (exact) mass is 340 g/mol. The molecule has 0 unspecified atom stereocenters. The van der Waals surface area contributed by atoms with Crippen molar-refractivity contribution in [3.63, 3.8) is 0 Å². The van der Waals surface area contributed by atoms with Crippen molar-refractivity contribution in [1.82, 2.24) is 19.8 Å². The summed E-state index contributed by atoms with van der Waals surface area (Å²) in [4.78, 5) is 31.2. The van der Waals surface area contributed by atoms with Gasteiger partial charge in [-0.15, -0.1) is 0 Å². The molecule has 3 heterocycles. The lowest BCUT2D eigenvalue weighted by atomic mass is 9.96. The molecule has 1 atom stereocenters. The average molecular weight is 340 g/mol. The first-order valence-electron chi connectivity index (χ1n) is 8.73. The van der Waals surface area contributed by atoms with Gasteiger partial charge in [-0.3, -0.25) is 14.6 Å². The molecule has 1 fully saturated rings. The van der Waals surface area contributed by atoms with Gasteiger partial charge in [0.1, 0.15) is 5.69 Å². The molecule has 0 spiro atoms. The number of hydrogen-bond acceptors (Lipinski definition) is 3. The van der Waals surface area contributed by atoms with Gasteiger partial charge in [-0.1, -0.05) is 0 Å². The first kappa shape index (κ1) is 17.2. The van der Waals surface area contributed by atoms with E-state index in [0.717, 1.165) is 18.5 Å². The second-order valence-electron chi connectivity index (χ2n) is 6.73. The second kappa shape index (κ2) is 7.51. The van der Waals surface area contributed by atoms with Gasteiger partial charge >= 0.3 is 0 Å². The van der Waals surface area contributed by atoms with E-state index < -0.39 is 0 Å². The fourth-order valence-electron chi connectivity index (χ4n) is 3.22. The largest absolute Gasteiger partial charge is 0.354 e. The molecule has 1 saturated heterocycles. The molecule has 2 aromatic heterocycles. The highest BCUT2D eigenvalue weighted by Crippen LogP contribution is 2.20. The molecule has 6 nitrogen and oxygen atoms in total. The fourth-order valence-corrected chi connectivity index (χ4v) is 3.22. The first-order chi connectivity index (χ1) is 12.1. The molecule has 1 aliphatic rings. The maximum atomic E-state index is 13.0. The van der Waals surface area contributed by atoms with Crippen molar-refractivity contribution >= 4 is 11.8 Å². The molecular formula is C19H24N4O2. The lowest BCUT2D eigenvalue weighted by Gasteiger charge is -2.32. The molecule has 132 valence electrons. The summed E-state index contributed by atoms with van der Waals surface area (Å²) >= 11 is 0. The van der Waals surface area contributed by atoms with Gasteiger partial charge in [0.2, 0.25) is 5.91 Å². The summed E-state index contributed by atoms with van der Waals surface area (Å²) in [5.41, 5.74) is 1.44. The normalized spacial score (nSPS) is 17.6. The van der Waals surface area contributed by atoms with Crippen molar-refractivity contribution in [2.75, 3.05) is 13.1 Å². The van der Waals surface area contributed by atoms with Crippen molar-refractivity contribution in [3.05, 3.63) is 48.5 Å². The third kappa shape index (κ3) is 3.90. The smallest absolute Gasteiger partial charge is 0.270 e. The van der Waals surface area contributed by atoms with Gasteiger partial charge in [0.05, 0.1) is 17.8 Å². The number of hydrogen-bond donors (Lipinski definition) is 1. The van der Waals surface area contributed by atoms with Crippen LogP contribution in [-0.2, 0) is 4.79 Å². The summed E-state index contributed by atoms with van der Waals surface area (Å²) in [6.07, 6.45) is 6.96. The highest BCUT2D eigenvalue weighted by atomic mass is 16.2. The van der Waals surface area contributed by atoms with E-state index in [1.54, 1.807) is 17.3 Å². The minimum absolute atomic E-state index is 0.0372. The van der Waals surface area contributed by atoms with Gasteiger partial charge in [-0.25, -0.2) is 0 Å². The van der Waals surface area contributed by atoms with Gasteiger partial charge in [0, 0.05) is 31.5 Å². The zero-order valence-corrected chi connectivity index (χ0v) is 14.7. The van der Waals surface area contributed by atoms with Crippen LogP contribution in [-0.4, -0.2) is 45.4 Å². The van der Waals surface area contributed by atoms with Crippen LogP contribution in [0.15, 0.2) is 42.9 Å². The standard InChI is InChI=1S/C19H24N4O2/c1-14(2)21-18(24)15-6-4-10-22(13-15)19(25)17-8-5-11-23(17)16-7-3-9-20-12-16/h3,5,7-9,11-12,14-15H,4,6,10,13H2,1-2H3,(H,21,24)/t15-/m0/s1. The number of carbonyl (C=O) groups is 2. The van der Waals surface area contributed by atoms with Crippen LogP contribution < -0.4 is 5.32 Å². The summed E-state index contributed by atoms with van der Waals surface area (Å²) in [5, 5.41) is 2.95. The molecule has 0 bridgehead atoms. The number of aromatic nitrogens is 2. The molecule has 0 saturated carbocycles. The molecular weight excluding hydrogens is 316 g/mol. The van der Waals surface area contributed by atoms with E-state index in [-0.39, 0.29) is 23.8 Å². The Morgan fingerprint density at radius 3 is 2.84 bits per heavy atom. The number of pyridine rings is 1. The van der Waals surface area contributed by atoms with E-state index in [0.29, 0.717) is 18.8 Å². The highest BCUT2D eigenvalue weighted by Gasteiger charge is 2.30. The first-order valence-corrected chi connectivity index (χ1v) is 8.73. The van der Waals surface area contributed by atoms with E-state index in [1.807, 2.05) is 48.9 Å². The Hall–Kier alpha value is -2.63. The zero-order chi connectivity index (χ0) is 17.8. The third-order valence-electron chi connectivity index (χ3n) is 4.40. The van der Waals surface area contributed by atoms with Crippen LogP contribution in [0.4, 0.5) is 0 Å². The molecule has 1 N–H and O–H groups in total. The Morgan fingerprint density at radius 1 is 1.28 bits per heavy atom. The summed E-state index contributed by atoms with van der Waals surface area (Å²) in [6.45, 7) is 5.05. The number of nitrogens with one attached hydrogen (secondary N) is 1. The molecule has 0 aromatic carbocycles. The molecule has 0 aliphatic carbocycles. The Labute approximate surface area is 147 Å². The van der Waals surface area contributed by atoms with Gasteiger partial charge in [0.15, 0.2) is 0 Å². The summed E-state index contributed by atoms with van der Waals surface area (Å²) in [5.74, 6) is -0.145. The maximum Gasteiger partial charge on any atom is 0.270 e. The topological polar surface area (TPSA) is 67.2 Å². The van der Waals surface area contributed by atoms with Crippen LogP contribution in [0.2, 0.25) is 0 Å². The van der Waals surface area contributed by atoms with E-state index in [4.69, 9.17) is 0 Å². The maximum absolute atomic E-state index is 13.0. The Kier molecular flexibility index (Phi) is 5.16. The predicted molar refractivity (Wildman–Crippen MR) is 95.5 cm³/mol. The number of rotatable bonds is 4. The van der Waals surface area contributed by atoms with E-state index in [9.17, 15) is 9.59 Å². The van der Waals surface area contributed by atoms with E-state index >= 15 is 0 Å². The molecule has 2 amide bonds. The van der Waals surface area contributed by atoms with Gasteiger partial charge in [-0.05, 0) is 51.0 Å². The van der Waals surface area contributed by atoms with Crippen molar-refractivity contribution in [3.8, 4) is 5.69 Å². The number of nitrogens with zero attached hydrogens (tertiary/aromatic N) is 3. The number of amides is 2. The van der Waals surface area contributed by atoms with Crippen LogP contribution in [0.1, 0.15) is 37.2 Å². The second-order valence-corrected chi connectivity index (χ2v) is 6.73. The van der Waals surface area contributed by atoms with Crippen LogP contribution in [0.3, 0.4) is 0 Å². The summed E-state index contributed by atoms with van der Waals surface area (Å²) in [7, 11) is 0. The molecule has 3 rings (SSSR count). The average Bonchev–Trinajstić information content (AvgIpc) is 3.11. The number of likely N-dealkylation sites (tertiary alicyclic amines) is 1. The highest BCUT2D eigenvalue weighted by molar-refractivity contribution is 5.94. The predicted octanol–water partition coefficient (Wildman–Crippen LogP) is 2.25. The van der Waals surface area contributed by atoms with Crippen LogP contribution >= 0.6 is 0 Å². The van der Waals surface area contributed by atoms with Crippen molar-refractivity contribution in [2.24, 2.45) is 5.92 Å². The van der Waals surface area contributed by atoms with Crippen molar-refractivity contribution in [1.29, 1.82) is 0 Å². The Balaban J connectivity index is 1.76. The van der Waals surface area contributed by atoms with Crippen molar-refractivity contribution in [2.45, 2.75) is 32.7 Å². The lowest BCUT2D eigenvalue weighted by molar-refractivity contribution is -0.126. The van der Waals surface area contributed by atoms with Gasteiger partial charge in [0.25, 0.3) is 5.91 Å². The van der Waals surface area contributed by atoms with Crippen molar-refractivity contribution < 1.29 is 9.59 Å². The van der Waals surface area contributed by atoms with E-state index in [1.165, 1.54) is 0 Å². The van der Waals surface area contributed by atoms with Crippen LogP contribution in [0.25, 0.3) is 5.69 Å². The molecule has 25 heavy (non-hydrogen) atoms. The van der Waals surface area contributed by atoms with E-state index in [2.05, 4.69) is 10.3 Å². The third-order valence-corrected chi connectivity index (χ3v) is 4.40. The zero-order valence-electron chi connectivity index (χ0n) is 14.7. The lowest BCUT2D eigenvalue weighted by Crippen LogP contribution is -2.47. The molecule has 0 radical (unpaired) electrons. The number of carbonyl (C=O) groups excluding carboxylic acids is 2.